The van der Waals surface area contributed by atoms with Gasteiger partial charge >= 0.3 is 0 Å². The number of ketones is 1. The van der Waals surface area contributed by atoms with Crippen molar-refractivity contribution < 1.29 is 4.79 Å². The van der Waals surface area contributed by atoms with E-state index >= 15 is 0 Å². The Labute approximate surface area is 120 Å². The third-order valence-corrected chi connectivity index (χ3v) is 3.70. The Hall–Kier alpha value is -1.90. The lowest BCUT2D eigenvalue weighted by Crippen LogP contribution is -2.08. The van der Waals surface area contributed by atoms with Gasteiger partial charge in [-0.25, -0.2) is 0 Å². The number of carbonyl (C=O) groups excluding carboxylic acids is 1. The fourth-order valence-electron chi connectivity index (χ4n) is 2.36. The number of rotatable bonds is 6. The first-order valence-corrected chi connectivity index (χ1v) is 7.18. The number of hydrogen-bond acceptors (Lipinski definition) is 2. The van der Waals surface area contributed by atoms with Gasteiger partial charge in [-0.1, -0.05) is 31.2 Å². The Balaban J connectivity index is 1.92. The lowest BCUT2D eigenvalue weighted by atomic mass is 10.0. The number of aryl methyl sites for hydroxylation is 4. The van der Waals surface area contributed by atoms with Crippen LogP contribution in [-0.2, 0) is 31.1 Å². The number of hydrogen-bond donors (Lipinski definition) is 0. The Morgan fingerprint density at radius 3 is 2.70 bits per heavy atom. The smallest absolute Gasteiger partial charge is 0.139 e. The molecule has 20 heavy (non-hydrogen) atoms. The average molecular weight is 270 g/mol. The maximum atomic E-state index is 12.1. The molecule has 2 aromatic rings. The van der Waals surface area contributed by atoms with E-state index in [1.165, 1.54) is 11.1 Å². The van der Waals surface area contributed by atoms with Crippen molar-refractivity contribution in [3.63, 3.8) is 0 Å². The van der Waals surface area contributed by atoms with Crippen LogP contribution < -0.4 is 0 Å². The molecule has 106 valence electrons. The first kappa shape index (κ1) is 14.5. The first-order valence-electron chi connectivity index (χ1n) is 7.18. The van der Waals surface area contributed by atoms with Crippen molar-refractivity contribution in [3.8, 4) is 0 Å². The van der Waals surface area contributed by atoms with Gasteiger partial charge in [-0.05, 0) is 37.0 Å². The van der Waals surface area contributed by atoms with Crippen molar-refractivity contribution in [2.75, 3.05) is 0 Å². The quantitative estimate of drug-likeness (QED) is 0.808. The summed E-state index contributed by atoms with van der Waals surface area (Å²) >= 11 is 0. The summed E-state index contributed by atoms with van der Waals surface area (Å²) in [6, 6.07) is 10.3. The number of nitrogens with zero attached hydrogens (tertiary/aromatic N) is 2. The van der Waals surface area contributed by atoms with E-state index < -0.39 is 0 Å². The highest BCUT2D eigenvalue weighted by Gasteiger charge is 2.10. The molecular formula is C17H22N2O. The van der Waals surface area contributed by atoms with Gasteiger partial charge in [0.2, 0.25) is 0 Å². The molecule has 0 aliphatic heterocycles. The molecule has 0 unspecified atom stereocenters. The summed E-state index contributed by atoms with van der Waals surface area (Å²) in [5, 5.41) is 4.38. The molecule has 0 N–H and O–H groups in total. The van der Waals surface area contributed by atoms with E-state index in [1.54, 1.807) is 0 Å². The largest absolute Gasteiger partial charge is 0.299 e. The van der Waals surface area contributed by atoms with Gasteiger partial charge in [0.25, 0.3) is 0 Å². The zero-order valence-electron chi connectivity index (χ0n) is 12.5. The van der Waals surface area contributed by atoms with Gasteiger partial charge in [0.05, 0.1) is 5.69 Å². The van der Waals surface area contributed by atoms with Gasteiger partial charge in [0.15, 0.2) is 0 Å². The highest BCUT2D eigenvalue weighted by Crippen LogP contribution is 2.11. The van der Waals surface area contributed by atoms with Crippen LogP contribution in [-0.4, -0.2) is 15.6 Å². The number of benzene rings is 1. The second kappa shape index (κ2) is 6.51. The van der Waals surface area contributed by atoms with Crippen molar-refractivity contribution in [2.24, 2.45) is 7.05 Å². The molecule has 0 saturated carbocycles. The van der Waals surface area contributed by atoms with Crippen molar-refractivity contribution in [3.05, 3.63) is 52.8 Å². The monoisotopic (exact) mass is 270 g/mol. The third-order valence-electron chi connectivity index (χ3n) is 3.70. The van der Waals surface area contributed by atoms with Crippen LogP contribution in [0.15, 0.2) is 30.3 Å². The van der Waals surface area contributed by atoms with Crippen LogP contribution in [0.2, 0.25) is 0 Å². The summed E-state index contributed by atoms with van der Waals surface area (Å²) in [7, 11) is 1.91. The van der Waals surface area contributed by atoms with Crippen LogP contribution in [0.5, 0.6) is 0 Å². The zero-order valence-corrected chi connectivity index (χ0v) is 12.5. The van der Waals surface area contributed by atoms with Crippen LogP contribution in [0.25, 0.3) is 0 Å². The van der Waals surface area contributed by atoms with Gasteiger partial charge in [0.1, 0.15) is 5.78 Å². The molecule has 1 aromatic carbocycles. The fourth-order valence-corrected chi connectivity index (χ4v) is 2.36. The molecule has 3 heteroatoms. The van der Waals surface area contributed by atoms with Gasteiger partial charge < -0.3 is 0 Å². The third kappa shape index (κ3) is 3.56. The molecule has 0 atom stereocenters. The summed E-state index contributed by atoms with van der Waals surface area (Å²) in [4.78, 5) is 12.1. The van der Waals surface area contributed by atoms with E-state index in [9.17, 15) is 4.79 Å². The molecule has 0 saturated heterocycles. The van der Waals surface area contributed by atoms with E-state index in [2.05, 4.69) is 31.1 Å². The standard InChI is InChI=1S/C17H22N2O/c1-4-15-11-16(19(3)18-15)12-17(20)10-9-14-8-6-5-7-13(14)2/h5-8,11H,4,9-10,12H2,1-3H3. The lowest BCUT2D eigenvalue weighted by Gasteiger charge is -2.05. The minimum absolute atomic E-state index is 0.277. The zero-order chi connectivity index (χ0) is 14.5. The maximum Gasteiger partial charge on any atom is 0.139 e. The molecule has 0 spiro atoms. The molecule has 0 bridgehead atoms. The van der Waals surface area contributed by atoms with Crippen molar-refractivity contribution >= 4 is 5.78 Å². The van der Waals surface area contributed by atoms with Gasteiger partial charge in [-0.15, -0.1) is 0 Å². The molecule has 0 aliphatic rings. The van der Waals surface area contributed by atoms with Gasteiger partial charge in [0, 0.05) is 25.6 Å². The Kier molecular flexibility index (Phi) is 4.72. The minimum atomic E-state index is 0.277. The molecule has 1 aromatic heterocycles. The second-order valence-electron chi connectivity index (χ2n) is 5.25. The molecule has 0 aliphatic carbocycles. The Morgan fingerprint density at radius 2 is 2.05 bits per heavy atom. The molecule has 1 heterocycles. The molecule has 3 nitrogen and oxygen atoms in total. The lowest BCUT2D eigenvalue weighted by molar-refractivity contribution is -0.118. The topological polar surface area (TPSA) is 34.9 Å². The number of aromatic nitrogens is 2. The SMILES string of the molecule is CCc1cc(CC(=O)CCc2ccccc2C)n(C)n1. The van der Waals surface area contributed by atoms with Crippen LogP contribution in [0.3, 0.4) is 0 Å². The first-order chi connectivity index (χ1) is 9.60. The molecule has 0 amide bonds. The van der Waals surface area contributed by atoms with Gasteiger partial charge in [-0.3, -0.25) is 9.48 Å². The molecule has 0 fully saturated rings. The van der Waals surface area contributed by atoms with Crippen LogP contribution in [0, 0.1) is 6.92 Å². The van der Waals surface area contributed by atoms with Crippen molar-refractivity contribution in [2.45, 2.75) is 39.5 Å². The number of Topliss-reactive ketones (excluding diaryl/α,β-unsaturated/α-hetero) is 1. The second-order valence-corrected chi connectivity index (χ2v) is 5.25. The maximum absolute atomic E-state index is 12.1. The Bertz CT molecular complexity index is 599. The summed E-state index contributed by atoms with van der Waals surface area (Å²) < 4.78 is 1.82. The Morgan fingerprint density at radius 1 is 1.30 bits per heavy atom. The van der Waals surface area contributed by atoms with Gasteiger partial charge in [-0.2, -0.15) is 5.10 Å². The normalized spacial score (nSPS) is 10.8. The summed E-state index contributed by atoms with van der Waals surface area (Å²) in [6.07, 6.45) is 2.81. The fraction of sp³-hybridized carbons (Fsp3) is 0.412. The highest BCUT2D eigenvalue weighted by atomic mass is 16.1. The van der Waals surface area contributed by atoms with Crippen LogP contribution in [0.1, 0.15) is 35.9 Å². The highest BCUT2D eigenvalue weighted by molar-refractivity contribution is 5.80. The van der Waals surface area contributed by atoms with Crippen LogP contribution in [0.4, 0.5) is 0 Å². The van der Waals surface area contributed by atoms with Crippen LogP contribution >= 0.6 is 0 Å². The predicted molar refractivity (Wildman–Crippen MR) is 80.8 cm³/mol. The summed E-state index contributed by atoms with van der Waals surface area (Å²) in [5.74, 6) is 0.277. The van der Waals surface area contributed by atoms with E-state index in [1.807, 2.05) is 29.9 Å². The number of carbonyl (C=O) groups is 1. The van der Waals surface area contributed by atoms with E-state index in [0.29, 0.717) is 12.8 Å². The predicted octanol–water partition coefficient (Wildman–Crippen LogP) is 3.04. The summed E-state index contributed by atoms with van der Waals surface area (Å²) in [6.45, 7) is 4.17. The van der Waals surface area contributed by atoms with Crippen molar-refractivity contribution in [1.29, 1.82) is 0 Å². The van der Waals surface area contributed by atoms with E-state index in [-0.39, 0.29) is 5.78 Å². The molecule has 2 rings (SSSR count). The van der Waals surface area contributed by atoms with Crippen molar-refractivity contribution in [1.82, 2.24) is 9.78 Å². The summed E-state index contributed by atoms with van der Waals surface area (Å²) in [5.41, 5.74) is 4.58. The van der Waals surface area contributed by atoms with E-state index in [0.717, 1.165) is 24.2 Å². The molecular weight excluding hydrogens is 248 g/mol. The minimum Gasteiger partial charge on any atom is -0.299 e. The molecule has 0 radical (unpaired) electrons. The average Bonchev–Trinajstić information content (AvgIpc) is 2.78. The van der Waals surface area contributed by atoms with E-state index in [4.69, 9.17) is 0 Å².